The van der Waals surface area contributed by atoms with E-state index in [4.69, 9.17) is 0 Å². The Balaban J connectivity index is 1.88. The van der Waals surface area contributed by atoms with Crippen molar-refractivity contribution in [3.63, 3.8) is 0 Å². The largest absolute Gasteiger partial charge is 0.435 e. The summed E-state index contributed by atoms with van der Waals surface area (Å²) in [6.07, 6.45) is 3.57. The number of alkyl halides is 2. The molecule has 1 heterocycles. The zero-order valence-electron chi connectivity index (χ0n) is 11.0. The summed E-state index contributed by atoms with van der Waals surface area (Å²) in [5.74, 6) is 0.150. The molecule has 0 fully saturated rings. The Labute approximate surface area is 120 Å². The summed E-state index contributed by atoms with van der Waals surface area (Å²) < 4.78 is 30.3. The molecule has 5 heteroatoms. The lowest BCUT2D eigenvalue weighted by Gasteiger charge is -2.08. The maximum atomic E-state index is 12.1. The van der Waals surface area contributed by atoms with Crippen molar-refractivity contribution in [3.05, 3.63) is 67.0 Å². The first-order valence-corrected chi connectivity index (χ1v) is 6.38. The van der Waals surface area contributed by atoms with Gasteiger partial charge in [-0.3, -0.25) is 0 Å². The first-order valence-electron chi connectivity index (χ1n) is 6.38. The maximum absolute atomic E-state index is 12.1. The van der Waals surface area contributed by atoms with Crippen LogP contribution in [0, 0.1) is 0 Å². The van der Waals surface area contributed by atoms with Gasteiger partial charge in [-0.2, -0.15) is 13.9 Å². The van der Waals surface area contributed by atoms with Crippen LogP contribution >= 0.6 is 0 Å². The number of ether oxygens (including phenoxy) is 1. The van der Waals surface area contributed by atoms with E-state index < -0.39 is 6.61 Å². The van der Waals surface area contributed by atoms with Crippen LogP contribution in [0.15, 0.2) is 67.0 Å². The second kappa shape index (κ2) is 5.75. The lowest BCUT2D eigenvalue weighted by atomic mass is 10.1. The van der Waals surface area contributed by atoms with Crippen molar-refractivity contribution >= 4 is 0 Å². The molecule has 3 rings (SSSR count). The Morgan fingerprint density at radius 1 is 0.952 bits per heavy atom. The Morgan fingerprint density at radius 3 is 2.43 bits per heavy atom. The highest BCUT2D eigenvalue weighted by Crippen LogP contribution is 2.24. The summed E-state index contributed by atoms with van der Waals surface area (Å²) in [6.45, 7) is -2.81. The Bertz CT molecular complexity index is 709. The first kappa shape index (κ1) is 13.3. The summed E-state index contributed by atoms with van der Waals surface area (Å²) in [7, 11) is 0. The predicted octanol–water partition coefficient (Wildman–Crippen LogP) is 4.14. The molecule has 0 bridgehead atoms. The molecular formula is C16H12F2N2O. The average molecular weight is 286 g/mol. The quantitative estimate of drug-likeness (QED) is 0.720. The molecule has 0 aliphatic carbocycles. The number of benzene rings is 2. The summed E-state index contributed by atoms with van der Waals surface area (Å²) >= 11 is 0. The molecular weight excluding hydrogens is 274 g/mol. The fraction of sp³-hybridized carbons (Fsp3) is 0.0625. The Kier molecular flexibility index (Phi) is 3.64. The van der Waals surface area contributed by atoms with Gasteiger partial charge in [-0.1, -0.05) is 24.3 Å². The molecule has 0 unspecified atom stereocenters. The van der Waals surface area contributed by atoms with Crippen LogP contribution in [-0.2, 0) is 0 Å². The molecule has 1 aromatic heterocycles. The molecule has 106 valence electrons. The summed E-state index contributed by atoms with van der Waals surface area (Å²) in [4.78, 5) is 0. The number of aromatic nitrogens is 2. The third-order valence-electron chi connectivity index (χ3n) is 3.03. The highest BCUT2D eigenvalue weighted by atomic mass is 19.3. The second-order valence-corrected chi connectivity index (χ2v) is 4.40. The van der Waals surface area contributed by atoms with Gasteiger partial charge < -0.3 is 4.74 Å². The van der Waals surface area contributed by atoms with E-state index >= 15 is 0 Å². The van der Waals surface area contributed by atoms with Gasteiger partial charge in [0.05, 0.1) is 5.69 Å². The third kappa shape index (κ3) is 3.08. The van der Waals surface area contributed by atoms with E-state index in [1.54, 1.807) is 23.0 Å². The van der Waals surface area contributed by atoms with Crippen LogP contribution in [0.25, 0.3) is 16.8 Å². The van der Waals surface area contributed by atoms with Gasteiger partial charge in [-0.25, -0.2) is 4.68 Å². The predicted molar refractivity (Wildman–Crippen MR) is 75.6 cm³/mol. The zero-order valence-corrected chi connectivity index (χ0v) is 11.0. The molecule has 3 nitrogen and oxygen atoms in total. The number of hydrogen-bond acceptors (Lipinski definition) is 2. The highest BCUT2D eigenvalue weighted by Gasteiger charge is 2.05. The van der Waals surface area contributed by atoms with E-state index in [9.17, 15) is 8.78 Å². The van der Waals surface area contributed by atoms with Crippen LogP contribution in [-0.4, -0.2) is 16.4 Å². The van der Waals surface area contributed by atoms with Crippen molar-refractivity contribution < 1.29 is 13.5 Å². The average Bonchev–Trinajstić information content (AvgIpc) is 3.02. The van der Waals surface area contributed by atoms with Crippen molar-refractivity contribution in [2.24, 2.45) is 0 Å². The molecule has 0 aliphatic rings. The smallest absolute Gasteiger partial charge is 0.387 e. The molecule has 0 atom stereocenters. The molecule has 0 amide bonds. The van der Waals surface area contributed by atoms with Gasteiger partial charge in [-0.15, -0.1) is 0 Å². The minimum Gasteiger partial charge on any atom is -0.435 e. The molecule has 2 aromatic carbocycles. The van der Waals surface area contributed by atoms with Crippen molar-refractivity contribution in [2.75, 3.05) is 0 Å². The topological polar surface area (TPSA) is 27.1 Å². The van der Waals surface area contributed by atoms with Gasteiger partial charge in [0.2, 0.25) is 0 Å². The minimum absolute atomic E-state index is 0.150. The molecule has 0 spiro atoms. The van der Waals surface area contributed by atoms with E-state index in [1.807, 2.05) is 36.5 Å². The molecule has 21 heavy (non-hydrogen) atoms. The van der Waals surface area contributed by atoms with Crippen LogP contribution in [0.3, 0.4) is 0 Å². The van der Waals surface area contributed by atoms with E-state index in [0.717, 1.165) is 16.8 Å². The summed E-state index contributed by atoms with van der Waals surface area (Å²) in [6, 6.07) is 16.2. The van der Waals surface area contributed by atoms with Gasteiger partial charge in [0.25, 0.3) is 0 Å². The minimum atomic E-state index is -2.81. The van der Waals surface area contributed by atoms with E-state index in [2.05, 4.69) is 9.84 Å². The number of rotatable bonds is 4. The Morgan fingerprint density at radius 2 is 1.76 bits per heavy atom. The summed E-state index contributed by atoms with van der Waals surface area (Å²) in [5, 5.41) is 4.18. The zero-order chi connectivity index (χ0) is 14.7. The van der Waals surface area contributed by atoms with Crippen LogP contribution in [0.2, 0.25) is 0 Å². The third-order valence-corrected chi connectivity index (χ3v) is 3.03. The number of hydrogen-bond donors (Lipinski definition) is 0. The number of halogens is 2. The van der Waals surface area contributed by atoms with E-state index in [0.29, 0.717) is 0 Å². The fourth-order valence-corrected chi connectivity index (χ4v) is 2.08. The molecule has 0 radical (unpaired) electrons. The van der Waals surface area contributed by atoms with Crippen LogP contribution < -0.4 is 4.74 Å². The fourth-order valence-electron chi connectivity index (χ4n) is 2.08. The normalized spacial score (nSPS) is 10.8. The first-order chi connectivity index (χ1) is 10.2. The molecule has 0 saturated heterocycles. The second-order valence-electron chi connectivity index (χ2n) is 4.40. The van der Waals surface area contributed by atoms with Crippen molar-refractivity contribution in [3.8, 4) is 22.6 Å². The highest BCUT2D eigenvalue weighted by molar-refractivity contribution is 5.66. The van der Waals surface area contributed by atoms with Crippen molar-refractivity contribution in [1.82, 2.24) is 9.78 Å². The van der Waals surface area contributed by atoms with Crippen molar-refractivity contribution in [2.45, 2.75) is 6.61 Å². The molecule has 0 saturated carbocycles. The maximum Gasteiger partial charge on any atom is 0.387 e. The van der Waals surface area contributed by atoms with E-state index in [1.165, 1.54) is 12.1 Å². The Hall–Kier alpha value is -2.69. The number of nitrogens with zero attached hydrogens (tertiary/aromatic N) is 2. The lowest BCUT2D eigenvalue weighted by molar-refractivity contribution is -0.0498. The van der Waals surface area contributed by atoms with Gasteiger partial charge in [0.15, 0.2) is 0 Å². The van der Waals surface area contributed by atoms with Crippen LogP contribution in [0.5, 0.6) is 5.75 Å². The van der Waals surface area contributed by atoms with Gasteiger partial charge >= 0.3 is 6.61 Å². The van der Waals surface area contributed by atoms with Crippen molar-refractivity contribution in [1.29, 1.82) is 0 Å². The lowest BCUT2D eigenvalue weighted by Crippen LogP contribution is -2.01. The molecule has 0 aliphatic heterocycles. The monoisotopic (exact) mass is 286 g/mol. The van der Waals surface area contributed by atoms with E-state index in [-0.39, 0.29) is 5.75 Å². The van der Waals surface area contributed by atoms with Crippen LogP contribution in [0.4, 0.5) is 8.78 Å². The van der Waals surface area contributed by atoms with Gasteiger partial charge in [0.1, 0.15) is 5.75 Å². The van der Waals surface area contributed by atoms with Crippen LogP contribution in [0.1, 0.15) is 0 Å². The standard InChI is InChI=1S/C16H12F2N2O/c17-16(18)21-15-7-5-12(6-8-15)13-3-1-4-14(11-13)20-10-2-9-19-20/h1-11,16H. The van der Waals surface area contributed by atoms with Gasteiger partial charge in [0, 0.05) is 12.4 Å². The molecule has 0 N–H and O–H groups in total. The van der Waals surface area contributed by atoms with Gasteiger partial charge in [-0.05, 0) is 41.5 Å². The summed E-state index contributed by atoms with van der Waals surface area (Å²) in [5.41, 5.74) is 2.84. The molecule has 3 aromatic rings. The SMILES string of the molecule is FC(F)Oc1ccc(-c2cccc(-n3cccn3)c2)cc1.